The van der Waals surface area contributed by atoms with Crippen molar-refractivity contribution < 1.29 is 28.6 Å². The van der Waals surface area contributed by atoms with Gasteiger partial charge in [0.1, 0.15) is 13.2 Å². The van der Waals surface area contributed by atoms with Gasteiger partial charge < -0.3 is 14.2 Å². The first-order chi connectivity index (χ1) is 38.0. The molecular weight excluding hydrogens is 949 g/mol. The molecule has 1 atom stereocenters. The van der Waals surface area contributed by atoms with E-state index in [1.165, 1.54) is 263 Å². The van der Waals surface area contributed by atoms with Crippen LogP contribution in [0.2, 0.25) is 0 Å². The van der Waals surface area contributed by atoms with E-state index >= 15 is 0 Å². The lowest BCUT2D eigenvalue weighted by atomic mass is 10.0. The molecule has 0 heterocycles. The van der Waals surface area contributed by atoms with Crippen molar-refractivity contribution >= 4 is 17.9 Å². The summed E-state index contributed by atoms with van der Waals surface area (Å²) in [5.41, 5.74) is 0. The van der Waals surface area contributed by atoms with Crippen LogP contribution in [-0.4, -0.2) is 37.2 Å². The van der Waals surface area contributed by atoms with Gasteiger partial charge in [0, 0.05) is 19.3 Å². The molecule has 0 aromatic rings. The maximum Gasteiger partial charge on any atom is 0.306 e. The molecule has 6 heteroatoms. The summed E-state index contributed by atoms with van der Waals surface area (Å²) < 4.78 is 17.0. The highest BCUT2D eigenvalue weighted by Gasteiger charge is 2.19. The van der Waals surface area contributed by atoms with E-state index in [-0.39, 0.29) is 31.1 Å². The van der Waals surface area contributed by atoms with Crippen LogP contribution in [0.1, 0.15) is 380 Å². The average molecular weight is 1080 g/mol. The normalized spacial score (nSPS) is 12.2. The van der Waals surface area contributed by atoms with Crippen LogP contribution in [-0.2, 0) is 28.6 Å². The standard InChI is InChI=1S/C71H132O6/c1-4-7-10-13-16-19-22-25-28-31-33-34-35-36-37-38-39-41-43-46-49-52-55-58-61-64-70(73)76-67-68(66-75-69(72)63-60-57-54-51-48-45-42-30-27-24-21-18-15-12-9-6-3)77-71(74)65-62-59-56-53-50-47-44-40-32-29-26-23-20-17-14-11-8-5-2/h20,23,29-30,32,42,68H,4-19,21-22,24-28,31,33-41,43-67H2,1-3H3/b23-20-,32-29-,42-30-. The quantitative estimate of drug-likeness (QED) is 0.0261. The monoisotopic (exact) mass is 1080 g/mol. The molecular formula is C71H132O6. The van der Waals surface area contributed by atoms with Crippen LogP contribution in [0.3, 0.4) is 0 Å². The zero-order valence-corrected chi connectivity index (χ0v) is 52.0. The van der Waals surface area contributed by atoms with Crippen molar-refractivity contribution in [1.29, 1.82) is 0 Å². The second-order valence-corrected chi connectivity index (χ2v) is 23.4. The third-order valence-electron chi connectivity index (χ3n) is 15.6. The molecule has 0 aliphatic carbocycles. The summed E-state index contributed by atoms with van der Waals surface area (Å²) in [6.07, 6.45) is 81.6. The predicted molar refractivity (Wildman–Crippen MR) is 335 cm³/mol. The zero-order chi connectivity index (χ0) is 55.7. The van der Waals surface area contributed by atoms with Gasteiger partial charge in [-0.15, -0.1) is 0 Å². The SMILES string of the molecule is CCCCCC/C=C\C/C=C\CCCCCCCCCC(=O)OC(COC(=O)CCCCCCC/C=C\CCCCCCCCC)COC(=O)CCCCCCCCCCCCCCCCCCCCCCCCCCC. The molecule has 0 aromatic carbocycles. The second kappa shape index (κ2) is 66.1. The van der Waals surface area contributed by atoms with E-state index < -0.39 is 6.10 Å². The zero-order valence-electron chi connectivity index (χ0n) is 52.0. The van der Waals surface area contributed by atoms with Crippen LogP contribution < -0.4 is 0 Å². The summed E-state index contributed by atoms with van der Waals surface area (Å²) in [4.78, 5) is 38.4. The van der Waals surface area contributed by atoms with Gasteiger partial charge in [-0.3, -0.25) is 14.4 Å². The summed E-state index contributed by atoms with van der Waals surface area (Å²) in [5, 5.41) is 0. The first-order valence-corrected chi connectivity index (χ1v) is 34.5. The Morgan fingerprint density at radius 3 is 0.740 bits per heavy atom. The fraction of sp³-hybridized carbons (Fsp3) is 0.873. The lowest BCUT2D eigenvalue weighted by molar-refractivity contribution is -0.167. The van der Waals surface area contributed by atoms with E-state index in [2.05, 4.69) is 57.2 Å². The van der Waals surface area contributed by atoms with Crippen LogP contribution >= 0.6 is 0 Å². The number of hydrogen-bond acceptors (Lipinski definition) is 6. The fourth-order valence-corrected chi connectivity index (χ4v) is 10.4. The van der Waals surface area contributed by atoms with Gasteiger partial charge in [0.15, 0.2) is 6.10 Å². The Hall–Kier alpha value is -2.37. The smallest absolute Gasteiger partial charge is 0.306 e. The summed E-state index contributed by atoms with van der Waals surface area (Å²) in [7, 11) is 0. The summed E-state index contributed by atoms with van der Waals surface area (Å²) >= 11 is 0. The Morgan fingerprint density at radius 1 is 0.260 bits per heavy atom. The molecule has 0 aromatic heterocycles. The Bertz CT molecular complexity index is 1290. The number of ether oxygens (including phenoxy) is 3. The largest absolute Gasteiger partial charge is 0.462 e. The molecule has 77 heavy (non-hydrogen) atoms. The molecule has 6 nitrogen and oxygen atoms in total. The van der Waals surface area contributed by atoms with Crippen molar-refractivity contribution in [2.24, 2.45) is 0 Å². The summed E-state index contributed by atoms with van der Waals surface area (Å²) in [6, 6.07) is 0. The van der Waals surface area contributed by atoms with Crippen molar-refractivity contribution in [3.8, 4) is 0 Å². The molecule has 452 valence electrons. The van der Waals surface area contributed by atoms with Gasteiger partial charge in [-0.2, -0.15) is 0 Å². The van der Waals surface area contributed by atoms with E-state index in [1.807, 2.05) is 0 Å². The van der Waals surface area contributed by atoms with Gasteiger partial charge in [-0.05, 0) is 77.0 Å². The minimum absolute atomic E-state index is 0.0736. The highest BCUT2D eigenvalue weighted by Crippen LogP contribution is 2.18. The predicted octanol–water partition coefficient (Wildman–Crippen LogP) is 23.6. The molecule has 0 spiro atoms. The number of allylic oxidation sites excluding steroid dienone is 6. The van der Waals surface area contributed by atoms with E-state index in [0.717, 1.165) is 77.0 Å². The van der Waals surface area contributed by atoms with Crippen LogP contribution in [0, 0.1) is 0 Å². The molecule has 0 saturated carbocycles. The molecule has 0 aliphatic rings. The van der Waals surface area contributed by atoms with Crippen molar-refractivity contribution in [2.75, 3.05) is 13.2 Å². The van der Waals surface area contributed by atoms with Gasteiger partial charge in [0.25, 0.3) is 0 Å². The maximum atomic E-state index is 12.9. The van der Waals surface area contributed by atoms with Crippen molar-refractivity contribution in [2.45, 2.75) is 386 Å². The molecule has 0 amide bonds. The third kappa shape index (κ3) is 64.3. The van der Waals surface area contributed by atoms with Gasteiger partial charge >= 0.3 is 17.9 Å². The first-order valence-electron chi connectivity index (χ1n) is 34.5. The van der Waals surface area contributed by atoms with E-state index in [0.29, 0.717) is 19.3 Å². The number of rotatable bonds is 64. The van der Waals surface area contributed by atoms with Crippen LogP contribution in [0.25, 0.3) is 0 Å². The molecule has 1 unspecified atom stereocenters. The Morgan fingerprint density at radius 2 is 0.468 bits per heavy atom. The minimum atomic E-state index is -0.779. The number of esters is 3. The minimum Gasteiger partial charge on any atom is -0.462 e. The number of carbonyl (C=O) groups is 3. The second-order valence-electron chi connectivity index (χ2n) is 23.4. The molecule has 0 radical (unpaired) electrons. The van der Waals surface area contributed by atoms with E-state index in [1.54, 1.807) is 0 Å². The molecule has 0 saturated heterocycles. The molecule has 0 N–H and O–H groups in total. The molecule has 0 rings (SSSR count). The number of hydrogen-bond donors (Lipinski definition) is 0. The van der Waals surface area contributed by atoms with Crippen molar-refractivity contribution in [3.05, 3.63) is 36.5 Å². The van der Waals surface area contributed by atoms with Gasteiger partial charge in [-0.1, -0.05) is 320 Å². The third-order valence-corrected chi connectivity index (χ3v) is 15.6. The summed E-state index contributed by atoms with van der Waals surface area (Å²) in [5.74, 6) is -0.863. The first kappa shape index (κ1) is 74.6. The highest BCUT2D eigenvalue weighted by atomic mass is 16.6. The van der Waals surface area contributed by atoms with Gasteiger partial charge in [0.05, 0.1) is 0 Å². The fourth-order valence-electron chi connectivity index (χ4n) is 10.4. The van der Waals surface area contributed by atoms with Gasteiger partial charge in [0.2, 0.25) is 0 Å². The van der Waals surface area contributed by atoms with E-state index in [9.17, 15) is 14.4 Å². The molecule has 0 bridgehead atoms. The van der Waals surface area contributed by atoms with E-state index in [4.69, 9.17) is 14.2 Å². The molecule has 0 fully saturated rings. The number of unbranched alkanes of at least 4 members (excludes halogenated alkanes) is 47. The lowest BCUT2D eigenvalue weighted by Gasteiger charge is -2.18. The maximum absolute atomic E-state index is 12.9. The van der Waals surface area contributed by atoms with Gasteiger partial charge in [-0.25, -0.2) is 0 Å². The van der Waals surface area contributed by atoms with Crippen LogP contribution in [0.4, 0.5) is 0 Å². The van der Waals surface area contributed by atoms with Crippen molar-refractivity contribution in [3.63, 3.8) is 0 Å². The van der Waals surface area contributed by atoms with Crippen LogP contribution in [0.15, 0.2) is 36.5 Å². The van der Waals surface area contributed by atoms with Crippen LogP contribution in [0.5, 0.6) is 0 Å². The Labute approximate surface area is 480 Å². The Kier molecular flexibility index (Phi) is 64.1. The summed E-state index contributed by atoms with van der Waals surface area (Å²) in [6.45, 7) is 6.68. The van der Waals surface area contributed by atoms with Crippen molar-refractivity contribution in [1.82, 2.24) is 0 Å². The highest BCUT2D eigenvalue weighted by molar-refractivity contribution is 5.71. The average Bonchev–Trinajstić information content (AvgIpc) is 3.43. The molecule has 0 aliphatic heterocycles. The topological polar surface area (TPSA) is 78.9 Å². The Balaban J connectivity index is 4.28. The number of carbonyl (C=O) groups excluding carboxylic acids is 3. The lowest BCUT2D eigenvalue weighted by Crippen LogP contribution is -2.30.